The summed E-state index contributed by atoms with van der Waals surface area (Å²) in [4.78, 5) is 14.2. The molecule has 1 aliphatic heterocycles. The van der Waals surface area contributed by atoms with Gasteiger partial charge in [0.2, 0.25) is 0 Å². The van der Waals surface area contributed by atoms with Gasteiger partial charge in [0.15, 0.2) is 6.23 Å². The van der Waals surface area contributed by atoms with E-state index in [1.165, 1.54) is 0 Å². The fourth-order valence-electron chi connectivity index (χ4n) is 1.18. The summed E-state index contributed by atoms with van der Waals surface area (Å²) in [5.41, 5.74) is 0. The van der Waals surface area contributed by atoms with Crippen molar-refractivity contribution < 1.29 is 9.53 Å². The Balaban J connectivity index is 2.40. The van der Waals surface area contributed by atoms with Gasteiger partial charge in [0.25, 0.3) is 6.47 Å². The van der Waals surface area contributed by atoms with Crippen LogP contribution in [0.4, 0.5) is 0 Å². The summed E-state index contributed by atoms with van der Waals surface area (Å²) in [6.45, 7) is 3.31. The van der Waals surface area contributed by atoms with Crippen LogP contribution in [0.2, 0.25) is 0 Å². The van der Waals surface area contributed by atoms with E-state index in [0.717, 1.165) is 19.6 Å². The Kier molecular flexibility index (Phi) is 2.84. The standard InChI is InChI=1S/C7H14N2O2/c1-8-3-4-9(2)7(5-8)11-6-10/h6-7H,3-5H2,1-2H3. The molecule has 1 rings (SSSR count). The number of hydrogen-bond donors (Lipinski definition) is 0. The summed E-state index contributed by atoms with van der Waals surface area (Å²) in [5, 5.41) is 0. The van der Waals surface area contributed by atoms with E-state index in [4.69, 9.17) is 4.74 Å². The maximum Gasteiger partial charge on any atom is 0.294 e. The average Bonchev–Trinajstić information content (AvgIpc) is 1.98. The highest BCUT2D eigenvalue weighted by Gasteiger charge is 2.22. The van der Waals surface area contributed by atoms with Crippen molar-refractivity contribution in [1.82, 2.24) is 9.80 Å². The second kappa shape index (κ2) is 3.69. The lowest BCUT2D eigenvalue weighted by Gasteiger charge is -2.35. The molecule has 0 radical (unpaired) electrons. The van der Waals surface area contributed by atoms with Crippen molar-refractivity contribution in [1.29, 1.82) is 0 Å². The van der Waals surface area contributed by atoms with Gasteiger partial charge in [-0.25, -0.2) is 0 Å². The second-order valence-corrected chi connectivity index (χ2v) is 2.93. The second-order valence-electron chi connectivity index (χ2n) is 2.93. The molecule has 0 N–H and O–H groups in total. The summed E-state index contributed by atoms with van der Waals surface area (Å²) in [7, 11) is 3.98. The van der Waals surface area contributed by atoms with Crippen molar-refractivity contribution >= 4 is 6.47 Å². The zero-order valence-corrected chi connectivity index (χ0v) is 6.99. The predicted octanol–water partition coefficient (Wildman–Crippen LogP) is -0.637. The molecule has 4 heteroatoms. The number of hydrogen-bond acceptors (Lipinski definition) is 4. The minimum Gasteiger partial charge on any atom is -0.447 e. The molecule has 1 saturated heterocycles. The van der Waals surface area contributed by atoms with Crippen molar-refractivity contribution in [3.63, 3.8) is 0 Å². The Morgan fingerprint density at radius 1 is 1.45 bits per heavy atom. The molecule has 0 aromatic rings. The Morgan fingerprint density at radius 2 is 2.18 bits per heavy atom. The highest BCUT2D eigenvalue weighted by atomic mass is 16.5. The van der Waals surface area contributed by atoms with Gasteiger partial charge < -0.3 is 9.64 Å². The van der Waals surface area contributed by atoms with Gasteiger partial charge in [-0.15, -0.1) is 0 Å². The number of ether oxygens (including phenoxy) is 1. The van der Waals surface area contributed by atoms with E-state index >= 15 is 0 Å². The number of carbonyl (C=O) groups excluding carboxylic acids is 1. The van der Waals surface area contributed by atoms with Crippen LogP contribution in [0.15, 0.2) is 0 Å². The van der Waals surface area contributed by atoms with Gasteiger partial charge >= 0.3 is 0 Å². The lowest BCUT2D eigenvalue weighted by atomic mass is 10.3. The van der Waals surface area contributed by atoms with E-state index in [1.807, 2.05) is 19.0 Å². The maximum atomic E-state index is 10.1. The fraction of sp³-hybridized carbons (Fsp3) is 0.857. The minimum atomic E-state index is -0.0637. The van der Waals surface area contributed by atoms with Gasteiger partial charge in [0.1, 0.15) is 0 Å². The Labute approximate surface area is 66.7 Å². The minimum absolute atomic E-state index is 0.0637. The first-order chi connectivity index (χ1) is 5.24. The smallest absolute Gasteiger partial charge is 0.294 e. The number of carbonyl (C=O) groups is 1. The van der Waals surface area contributed by atoms with E-state index in [2.05, 4.69) is 4.90 Å². The summed E-state index contributed by atoms with van der Waals surface area (Å²) in [6.07, 6.45) is -0.0637. The predicted molar refractivity (Wildman–Crippen MR) is 41.1 cm³/mol. The molecule has 1 heterocycles. The summed E-state index contributed by atoms with van der Waals surface area (Å²) < 4.78 is 4.87. The monoisotopic (exact) mass is 158 g/mol. The lowest BCUT2D eigenvalue weighted by Crippen LogP contribution is -2.50. The molecule has 0 saturated carbocycles. The largest absolute Gasteiger partial charge is 0.447 e. The van der Waals surface area contributed by atoms with Crippen molar-refractivity contribution in [2.45, 2.75) is 6.23 Å². The molecule has 0 amide bonds. The average molecular weight is 158 g/mol. The molecule has 0 aromatic carbocycles. The molecule has 1 aliphatic rings. The van der Waals surface area contributed by atoms with Crippen molar-refractivity contribution in [3.05, 3.63) is 0 Å². The number of piperazine rings is 1. The normalized spacial score (nSPS) is 28.4. The Hall–Kier alpha value is -0.610. The Morgan fingerprint density at radius 3 is 2.82 bits per heavy atom. The molecular weight excluding hydrogens is 144 g/mol. The number of rotatable bonds is 2. The molecule has 64 valence electrons. The zero-order valence-electron chi connectivity index (χ0n) is 6.99. The van der Waals surface area contributed by atoms with Crippen molar-refractivity contribution in [2.24, 2.45) is 0 Å². The SMILES string of the molecule is CN1CCN(C)C(OC=O)C1. The molecule has 0 aliphatic carbocycles. The van der Waals surface area contributed by atoms with E-state index in [0.29, 0.717) is 6.47 Å². The van der Waals surface area contributed by atoms with Crippen LogP contribution < -0.4 is 0 Å². The van der Waals surface area contributed by atoms with Crippen LogP contribution in [-0.2, 0) is 9.53 Å². The lowest BCUT2D eigenvalue weighted by molar-refractivity contribution is -0.147. The van der Waals surface area contributed by atoms with Crippen LogP contribution in [0.3, 0.4) is 0 Å². The first-order valence-electron chi connectivity index (χ1n) is 3.72. The van der Waals surface area contributed by atoms with E-state index in [9.17, 15) is 4.79 Å². The molecule has 0 spiro atoms. The van der Waals surface area contributed by atoms with Gasteiger partial charge in [-0.05, 0) is 14.1 Å². The molecular formula is C7H14N2O2. The van der Waals surface area contributed by atoms with E-state index < -0.39 is 0 Å². The highest BCUT2D eigenvalue weighted by Crippen LogP contribution is 2.05. The number of likely N-dealkylation sites (N-methyl/N-ethyl adjacent to an activating group) is 2. The van der Waals surface area contributed by atoms with Crippen LogP contribution in [-0.4, -0.2) is 56.2 Å². The van der Waals surface area contributed by atoms with E-state index in [-0.39, 0.29) is 6.23 Å². The first-order valence-corrected chi connectivity index (χ1v) is 3.72. The van der Waals surface area contributed by atoms with Gasteiger partial charge in [-0.2, -0.15) is 0 Å². The first kappa shape index (κ1) is 8.49. The summed E-state index contributed by atoms with van der Waals surface area (Å²) in [6, 6.07) is 0. The van der Waals surface area contributed by atoms with Crippen LogP contribution in [0, 0.1) is 0 Å². The van der Waals surface area contributed by atoms with E-state index in [1.54, 1.807) is 0 Å². The van der Waals surface area contributed by atoms with Gasteiger partial charge in [0.05, 0.1) is 0 Å². The van der Waals surface area contributed by atoms with Crippen LogP contribution in [0.5, 0.6) is 0 Å². The zero-order chi connectivity index (χ0) is 8.27. The quantitative estimate of drug-likeness (QED) is 0.501. The highest BCUT2D eigenvalue weighted by molar-refractivity contribution is 5.37. The van der Waals surface area contributed by atoms with Gasteiger partial charge in [0, 0.05) is 19.6 Å². The van der Waals surface area contributed by atoms with Crippen LogP contribution >= 0.6 is 0 Å². The van der Waals surface area contributed by atoms with Crippen LogP contribution in [0.25, 0.3) is 0 Å². The summed E-state index contributed by atoms with van der Waals surface area (Å²) >= 11 is 0. The van der Waals surface area contributed by atoms with Crippen molar-refractivity contribution in [3.8, 4) is 0 Å². The third-order valence-corrected chi connectivity index (χ3v) is 2.01. The molecule has 0 bridgehead atoms. The third kappa shape index (κ3) is 2.17. The molecule has 0 aromatic heterocycles. The molecule has 1 unspecified atom stereocenters. The Bertz CT molecular complexity index is 140. The van der Waals surface area contributed by atoms with Crippen LogP contribution in [0.1, 0.15) is 0 Å². The molecule has 11 heavy (non-hydrogen) atoms. The van der Waals surface area contributed by atoms with Crippen molar-refractivity contribution in [2.75, 3.05) is 33.7 Å². The maximum absolute atomic E-state index is 10.1. The topological polar surface area (TPSA) is 32.8 Å². The summed E-state index contributed by atoms with van der Waals surface area (Å²) in [5.74, 6) is 0. The van der Waals surface area contributed by atoms with Gasteiger partial charge in [-0.3, -0.25) is 9.69 Å². The third-order valence-electron chi connectivity index (χ3n) is 2.01. The molecule has 1 atom stereocenters. The van der Waals surface area contributed by atoms with Gasteiger partial charge in [-0.1, -0.05) is 0 Å². The molecule has 1 fully saturated rings. The fourth-order valence-corrected chi connectivity index (χ4v) is 1.18. The molecule has 4 nitrogen and oxygen atoms in total. The number of nitrogens with zero attached hydrogens (tertiary/aromatic N) is 2.